The maximum atomic E-state index is 13.2. The van der Waals surface area contributed by atoms with Crippen LogP contribution in [-0.2, 0) is 10.2 Å². The van der Waals surface area contributed by atoms with Gasteiger partial charge in [-0.1, -0.05) is 31.0 Å². The lowest BCUT2D eigenvalue weighted by Gasteiger charge is -2.29. The highest BCUT2D eigenvalue weighted by Crippen LogP contribution is 2.42. The Balaban J connectivity index is 1.92. The van der Waals surface area contributed by atoms with Gasteiger partial charge in [0.15, 0.2) is 0 Å². The molecule has 1 fully saturated rings. The number of rotatable bonds is 5. The normalized spacial score (nSPS) is 15.5. The highest BCUT2D eigenvalue weighted by Gasteiger charge is 2.42. The second-order valence-corrected chi connectivity index (χ2v) is 6.81. The van der Waals surface area contributed by atoms with E-state index in [1.54, 1.807) is 19.2 Å². The van der Waals surface area contributed by atoms with E-state index in [0.717, 1.165) is 42.6 Å². The molecule has 0 bridgehead atoms. The quantitative estimate of drug-likeness (QED) is 0.846. The van der Waals surface area contributed by atoms with E-state index in [9.17, 15) is 14.7 Å². The number of carboxylic acids is 1. The minimum atomic E-state index is -1.01. The number of carbonyl (C=O) groups is 2. The van der Waals surface area contributed by atoms with Crippen LogP contribution in [-0.4, -0.2) is 24.1 Å². The van der Waals surface area contributed by atoms with Gasteiger partial charge in [0.25, 0.3) is 0 Å². The summed E-state index contributed by atoms with van der Waals surface area (Å²) in [5, 5.41) is 12.2. The van der Waals surface area contributed by atoms with Gasteiger partial charge in [-0.2, -0.15) is 0 Å². The Morgan fingerprint density at radius 1 is 1.08 bits per heavy atom. The predicted molar refractivity (Wildman–Crippen MR) is 99.9 cm³/mol. The summed E-state index contributed by atoms with van der Waals surface area (Å²) in [6.07, 6.45) is 3.55. The molecule has 26 heavy (non-hydrogen) atoms. The van der Waals surface area contributed by atoms with Crippen molar-refractivity contribution in [3.8, 4) is 5.75 Å². The number of methoxy groups -OCH3 is 1. The van der Waals surface area contributed by atoms with E-state index in [4.69, 9.17) is 4.74 Å². The molecule has 136 valence electrons. The summed E-state index contributed by atoms with van der Waals surface area (Å²) in [4.78, 5) is 24.5. The average Bonchev–Trinajstić information content (AvgIpc) is 3.14. The summed E-state index contributed by atoms with van der Waals surface area (Å²) in [5.41, 5.74) is 1.94. The summed E-state index contributed by atoms with van der Waals surface area (Å²) in [6, 6.07) is 12.4. The first kappa shape index (κ1) is 18.0. The monoisotopic (exact) mass is 353 g/mol. The van der Waals surface area contributed by atoms with Crippen LogP contribution in [0.1, 0.15) is 47.2 Å². The van der Waals surface area contributed by atoms with Gasteiger partial charge in [0, 0.05) is 5.69 Å². The van der Waals surface area contributed by atoms with Gasteiger partial charge >= 0.3 is 5.97 Å². The number of carboxylic acid groups (broad SMARTS) is 1. The minimum absolute atomic E-state index is 0.0780. The van der Waals surface area contributed by atoms with Crippen LogP contribution < -0.4 is 10.1 Å². The number of ether oxygens (including phenoxy) is 1. The molecule has 2 aromatic carbocycles. The fraction of sp³-hybridized carbons (Fsp3) is 0.333. The summed E-state index contributed by atoms with van der Waals surface area (Å²) in [6.45, 7) is 1.86. The van der Waals surface area contributed by atoms with Crippen LogP contribution in [0.3, 0.4) is 0 Å². The number of aryl methyl sites for hydroxylation is 1. The molecule has 0 atom stereocenters. The predicted octanol–water partition coefficient (Wildman–Crippen LogP) is 4.15. The Kier molecular flexibility index (Phi) is 4.98. The van der Waals surface area contributed by atoms with E-state index in [-0.39, 0.29) is 11.5 Å². The van der Waals surface area contributed by atoms with E-state index in [0.29, 0.717) is 5.69 Å². The number of nitrogens with one attached hydrogen (secondary N) is 1. The van der Waals surface area contributed by atoms with Crippen LogP contribution in [0.2, 0.25) is 0 Å². The second-order valence-electron chi connectivity index (χ2n) is 6.81. The molecule has 0 aromatic heterocycles. The molecule has 0 heterocycles. The van der Waals surface area contributed by atoms with Crippen LogP contribution in [0.25, 0.3) is 0 Å². The molecule has 0 radical (unpaired) electrons. The van der Waals surface area contributed by atoms with Crippen LogP contribution in [0.15, 0.2) is 42.5 Å². The molecule has 1 amide bonds. The molecule has 0 spiro atoms. The van der Waals surface area contributed by atoms with Crippen LogP contribution in [0, 0.1) is 6.92 Å². The smallest absolute Gasteiger partial charge is 0.335 e. The first-order valence-electron chi connectivity index (χ1n) is 8.76. The maximum absolute atomic E-state index is 13.2. The number of anilines is 1. The molecule has 3 rings (SSSR count). The van der Waals surface area contributed by atoms with Crippen molar-refractivity contribution in [1.29, 1.82) is 0 Å². The first-order chi connectivity index (χ1) is 12.5. The standard InChI is InChI=1S/C21H23NO4/c1-14-5-6-15(19(23)24)13-18(14)22-20(25)21(11-3-4-12-21)16-7-9-17(26-2)10-8-16/h5-10,13H,3-4,11-12H2,1-2H3,(H,22,25)(H,23,24). The molecular weight excluding hydrogens is 330 g/mol. The van der Waals surface area contributed by atoms with Gasteiger partial charge in [-0.25, -0.2) is 4.79 Å². The van der Waals surface area contributed by atoms with Crippen LogP contribution in [0.5, 0.6) is 5.75 Å². The third-order valence-electron chi connectivity index (χ3n) is 5.27. The van der Waals surface area contributed by atoms with E-state index < -0.39 is 11.4 Å². The lowest BCUT2D eigenvalue weighted by atomic mass is 9.78. The highest BCUT2D eigenvalue weighted by molar-refractivity contribution is 6.01. The Bertz CT molecular complexity index is 820. The molecule has 1 aliphatic carbocycles. The Hall–Kier alpha value is -2.82. The van der Waals surface area contributed by atoms with E-state index >= 15 is 0 Å². The van der Waals surface area contributed by atoms with Crippen molar-refractivity contribution in [2.45, 2.75) is 38.0 Å². The number of carbonyl (C=O) groups excluding carboxylic acids is 1. The van der Waals surface area contributed by atoms with Gasteiger partial charge < -0.3 is 15.2 Å². The van der Waals surface area contributed by atoms with Gasteiger partial charge in [-0.05, 0) is 55.2 Å². The number of amides is 1. The van der Waals surface area contributed by atoms with Crippen molar-refractivity contribution >= 4 is 17.6 Å². The minimum Gasteiger partial charge on any atom is -0.497 e. The molecule has 2 N–H and O–H groups in total. The number of benzene rings is 2. The molecule has 0 saturated heterocycles. The fourth-order valence-corrected chi connectivity index (χ4v) is 3.67. The molecule has 2 aromatic rings. The Morgan fingerprint density at radius 2 is 1.73 bits per heavy atom. The van der Waals surface area contributed by atoms with Gasteiger partial charge in [-0.3, -0.25) is 4.79 Å². The third-order valence-corrected chi connectivity index (χ3v) is 5.27. The first-order valence-corrected chi connectivity index (χ1v) is 8.76. The largest absolute Gasteiger partial charge is 0.497 e. The lowest BCUT2D eigenvalue weighted by Crippen LogP contribution is -2.38. The highest BCUT2D eigenvalue weighted by atomic mass is 16.5. The molecule has 5 heteroatoms. The van der Waals surface area contributed by atoms with E-state index in [1.807, 2.05) is 31.2 Å². The van der Waals surface area contributed by atoms with Gasteiger partial charge in [-0.15, -0.1) is 0 Å². The Labute approximate surface area is 153 Å². The summed E-state index contributed by atoms with van der Waals surface area (Å²) < 4.78 is 5.22. The molecule has 1 saturated carbocycles. The maximum Gasteiger partial charge on any atom is 0.335 e. The van der Waals surface area contributed by atoms with E-state index in [1.165, 1.54) is 6.07 Å². The second kappa shape index (κ2) is 7.20. The van der Waals surface area contributed by atoms with Crippen molar-refractivity contribution < 1.29 is 19.4 Å². The molecule has 1 aliphatic rings. The average molecular weight is 353 g/mol. The molecular formula is C21H23NO4. The van der Waals surface area contributed by atoms with Crippen LogP contribution >= 0.6 is 0 Å². The number of aromatic carboxylic acids is 1. The van der Waals surface area contributed by atoms with Gasteiger partial charge in [0.1, 0.15) is 5.75 Å². The SMILES string of the molecule is COc1ccc(C2(C(=O)Nc3cc(C(=O)O)ccc3C)CCCC2)cc1. The van der Waals surface area contributed by atoms with Gasteiger partial charge in [0.2, 0.25) is 5.91 Å². The number of hydrogen-bond donors (Lipinski definition) is 2. The zero-order valence-electron chi connectivity index (χ0n) is 15.0. The van der Waals surface area contributed by atoms with Crippen molar-refractivity contribution in [2.24, 2.45) is 0 Å². The fourth-order valence-electron chi connectivity index (χ4n) is 3.67. The van der Waals surface area contributed by atoms with Gasteiger partial charge in [0.05, 0.1) is 18.1 Å². The summed E-state index contributed by atoms with van der Waals surface area (Å²) >= 11 is 0. The summed E-state index contributed by atoms with van der Waals surface area (Å²) in [5.74, 6) is -0.329. The van der Waals surface area contributed by atoms with Crippen molar-refractivity contribution in [3.05, 3.63) is 59.2 Å². The van der Waals surface area contributed by atoms with Crippen molar-refractivity contribution in [2.75, 3.05) is 12.4 Å². The lowest BCUT2D eigenvalue weighted by molar-refractivity contribution is -0.121. The van der Waals surface area contributed by atoms with E-state index in [2.05, 4.69) is 5.32 Å². The topological polar surface area (TPSA) is 75.6 Å². The Morgan fingerprint density at radius 3 is 2.31 bits per heavy atom. The molecule has 0 aliphatic heterocycles. The zero-order chi connectivity index (χ0) is 18.7. The zero-order valence-corrected chi connectivity index (χ0v) is 15.0. The van der Waals surface area contributed by atoms with Crippen molar-refractivity contribution in [3.63, 3.8) is 0 Å². The van der Waals surface area contributed by atoms with Crippen molar-refractivity contribution in [1.82, 2.24) is 0 Å². The van der Waals surface area contributed by atoms with Crippen LogP contribution in [0.4, 0.5) is 5.69 Å². The molecule has 0 unspecified atom stereocenters. The molecule has 5 nitrogen and oxygen atoms in total. The summed E-state index contributed by atoms with van der Waals surface area (Å²) in [7, 11) is 1.62. The third kappa shape index (κ3) is 3.29. The number of hydrogen-bond acceptors (Lipinski definition) is 3.